The van der Waals surface area contributed by atoms with Crippen molar-refractivity contribution >= 4 is 17.0 Å². The van der Waals surface area contributed by atoms with Crippen LogP contribution < -0.4 is 5.32 Å². The van der Waals surface area contributed by atoms with E-state index in [1.54, 1.807) is 11.3 Å². The first kappa shape index (κ1) is 7.13. The van der Waals surface area contributed by atoms with Crippen LogP contribution in [0.2, 0.25) is 0 Å². The van der Waals surface area contributed by atoms with E-state index in [0.29, 0.717) is 0 Å². The topological polar surface area (TPSA) is 32.3 Å². The number of anilines is 1. The predicted molar refractivity (Wildman–Crippen MR) is 47.1 cm³/mol. The highest BCUT2D eigenvalue weighted by Gasteiger charge is 2.11. The molecule has 0 amide bonds. The van der Waals surface area contributed by atoms with Crippen LogP contribution >= 0.6 is 11.3 Å². The Morgan fingerprint density at radius 3 is 3.27 bits per heavy atom. The van der Waals surface area contributed by atoms with Crippen LogP contribution in [0.15, 0.2) is 6.07 Å². The first-order valence-corrected chi connectivity index (χ1v) is 4.68. The summed E-state index contributed by atoms with van der Waals surface area (Å²) in [5, 5.41) is 12.2. The smallest absolute Gasteiger partial charge is 0.0775 e. The molecule has 0 saturated heterocycles. The number of fused-ring (bicyclic) bond motifs is 1. The fourth-order valence-electron chi connectivity index (χ4n) is 1.37. The van der Waals surface area contributed by atoms with Crippen molar-refractivity contribution < 1.29 is 5.11 Å². The van der Waals surface area contributed by atoms with Crippen molar-refractivity contribution in [2.75, 3.05) is 11.9 Å². The summed E-state index contributed by atoms with van der Waals surface area (Å²) in [6, 6.07) is 2.05. The molecule has 0 fully saturated rings. The van der Waals surface area contributed by atoms with E-state index in [1.165, 1.54) is 23.4 Å². The zero-order valence-corrected chi connectivity index (χ0v) is 7.08. The summed E-state index contributed by atoms with van der Waals surface area (Å²) in [6.45, 7) is 1.26. The second kappa shape index (κ2) is 2.83. The average Bonchev–Trinajstić information content (AvgIpc) is 2.46. The molecule has 0 atom stereocenters. The third-order valence-electron chi connectivity index (χ3n) is 1.91. The average molecular weight is 169 g/mol. The SMILES string of the molecule is OCc1cc2c(s1)CCCN2. The Morgan fingerprint density at radius 2 is 2.55 bits per heavy atom. The Labute approximate surface area is 69.9 Å². The summed E-state index contributed by atoms with van der Waals surface area (Å²) in [5.41, 5.74) is 1.24. The summed E-state index contributed by atoms with van der Waals surface area (Å²) in [6.07, 6.45) is 2.39. The molecule has 60 valence electrons. The van der Waals surface area contributed by atoms with Crippen LogP contribution in [0.3, 0.4) is 0 Å². The Morgan fingerprint density at radius 1 is 1.64 bits per heavy atom. The fourth-order valence-corrected chi connectivity index (χ4v) is 2.41. The van der Waals surface area contributed by atoms with Crippen LogP contribution in [-0.4, -0.2) is 11.7 Å². The van der Waals surface area contributed by atoms with Crippen LogP contribution in [0.1, 0.15) is 16.2 Å². The highest BCUT2D eigenvalue weighted by molar-refractivity contribution is 7.12. The number of hydrogen-bond acceptors (Lipinski definition) is 3. The van der Waals surface area contributed by atoms with Crippen molar-refractivity contribution in [2.45, 2.75) is 19.4 Å². The van der Waals surface area contributed by atoms with Gasteiger partial charge in [0.1, 0.15) is 0 Å². The highest BCUT2D eigenvalue weighted by Crippen LogP contribution is 2.30. The second-order valence-electron chi connectivity index (χ2n) is 2.74. The lowest BCUT2D eigenvalue weighted by Crippen LogP contribution is -2.08. The molecular weight excluding hydrogens is 158 g/mol. The van der Waals surface area contributed by atoms with E-state index in [1.807, 2.05) is 0 Å². The first-order chi connectivity index (χ1) is 5.40. The standard InChI is InChI=1S/C8H11NOS/c10-5-6-4-7-8(11-6)2-1-3-9-7/h4,9-10H,1-3,5H2. The van der Waals surface area contributed by atoms with Crippen LogP contribution in [0.4, 0.5) is 5.69 Å². The Balaban J connectivity index is 2.32. The third kappa shape index (κ3) is 1.26. The molecule has 0 aliphatic carbocycles. The van der Waals surface area contributed by atoms with Crippen molar-refractivity contribution in [3.05, 3.63) is 15.8 Å². The van der Waals surface area contributed by atoms with E-state index >= 15 is 0 Å². The highest BCUT2D eigenvalue weighted by atomic mass is 32.1. The van der Waals surface area contributed by atoms with Gasteiger partial charge >= 0.3 is 0 Å². The van der Waals surface area contributed by atoms with Gasteiger partial charge in [-0.25, -0.2) is 0 Å². The van der Waals surface area contributed by atoms with Gasteiger partial charge in [-0.15, -0.1) is 11.3 Å². The maximum Gasteiger partial charge on any atom is 0.0775 e. The van der Waals surface area contributed by atoms with Gasteiger partial charge in [0, 0.05) is 22.0 Å². The van der Waals surface area contributed by atoms with E-state index in [4.69, 9.17) is 5.11 Å². The molecule has 0 bridgehead atoms. The molecule has 2 N–H and O–H groups in total. The van der Waals surface area contributed by atoms with E-state index in [-0.39, 0.29) is 6.61 Å². The Bertz CT molecular complexity index is 233. The molecule has 0 saturated carbocycles. The van der Waals surface area contributed by atoms with Gasteiger partial charge in [-0.3, -0.25) is 0 Å². The van der Waals surface area contributed by atoms with E-state index in [0.717, 1.165) is 11.4 Å². The zero-order valence-electron chi connectivity index (χ0n) is 6.26. The van der Waals surface area contributed by atoms with E-state index in [9.17, 15) is 0 Å². The molecule has 1 aliphatic heterocycles. The monoisotopic (exact) mass is 169 g/mol. The van der Waals surface area contributed by atoms with Gasteiger partial charge in [0.15, 0.2) is 0 Å². The van der Waals surface area contributed by atoms with Crippen LogP contribution in [0.25, 0.3) is 0 Å². The molecule has 3 heteroatoms. The number of thiophene rings is 1. The minimum atomic E-state index is 0.180. The van der Waals surface area contributed by atoms with Crippen LogP contribution in [-0.2, 0) is 13.0 Å². The summed E-state index contributed by atoms with van der Waals surface area (Å²) in [5.74, 6) is 0. The van der Waals surface area contributed by atoms with Crippen molar-refractivity contribution in [1.82, 2.24) is 0 Å². The lowest BCUT2D eigenvalue weighted by molar-refractivity contribution is 0.285. The normalized spacial score (nSPS) is 15.7. The second-order valence-corrected chi connectivity index (χ2v) is 3.96. The van der Waals surface area contributed by atoms with Crippen molar-refractivity contribution in [2.24, 2.45) is 0 Å². The van der Waals surface area contributed by atoms with Gasteiger partial charge in [-0.05, 0) is 18.9 Å². The molecule has 1 aliphatic rings. The van der Waals surface area contributed by atoms with Crippen molar-refractivity contribution in [1.29, 1.82) is 0 Å². The summed E-state index contributed by atoms with van der Waals surface area (Å²) >= 11 is 1.72. The molecular formula is C8H11NOS. The third-order valence-corrected chi connectivity index (χ3v) is 3.09. The van der Waals surface area contributed by atoms with Crippen molar-refractivity contribution in [3.63, 3.8) is 0 Å². The molecule has 0 aromatic carbocycles. The minimum absolute atomic E-state index is 0.180. The Hall–Kier alpha value is -0.540. The van der Waals surface area contributed by atoms with Gasteiger partial charge in [-0.2, -0.15) is 0 Å². The zero-order chi connectivity index (χ0) is 7.68. The van der Waals surface area contributed by atoms with Gasteiger partial charge in [0.2, 0.25) is 0 Å². The van der Waals surface area contributed by atoms with Gasteiger partial charge < -0.3 is 10.4 Å². The molecule has 0 radical (unpaired) electrons. The molecule has 0 unspecified atom stereocenters. The number of aryl methyl sites for hydroxylation is 1. The molecule has 2 rings (SSSR count). The number of hydrogen-bond donors (Lipinski definition) is 2. The minimum Gasteiger partial charge on any atom is -0.391 e. The predicted octanol–water partition coefficient (Wildman–Crippen LogP) is 1.60. The number of aliphatic hydroxyl groups is 1. The van der Waals surface area contributed by atoms with E-state index in [2.05, 4.69) is 11.4 Å². The van der Waals surface area contributed by atoms with Gasteiger partial charge in [0.05, 0.1) is 6.61 Å². The maximum atomic E-state index is 8.87. The van der Waals surface area contributed by atoms with Crippen LogP contribution in [0.5, 0.6) is 0 Å². The molecule has 1 aromatic heterocycles. The number of aliphatic hydroxyl groups excluding tert-OH is 1. The number of rotatable bonds is 1. The lowest BCUT2D eigenvalue weighted by Gasteiger charge is -2.11. The Kier molecular flexibility index (Phi) is 1.84. The largest absolute Gasteiger partial charge is 0.391 e. The fraction of sp³-hybridized carbons (Fsp3) is 0.500. The summed E-state index contributed by atoms with van der Waals surface area (Å²) in [7, 11) is 0. The summed E-state index contributed by atoms with van der Waals surface area (Å²) < 4.78 is 0. The first-order valence-electron chi connectivity index (χ1n) is 3.86. The van der Waals surface area contributed by atoms with Crippen molar-refractivity contribution in [3.8, 4) is 0 Å². The quantitative estimate of drug-likeness (QED) is 0.669. The molecule has 2 heterocycles. The molecule has 1 aromatic rings. The van der Waals surface area contributed by atoms with Gasteiger partial charge in [0.25, 0.3) is 0 Å². The number of nitrogens with one attached hydrogen (secondary N) is 1. The molecule has 11 heavy (non-hydrogen) atoms. The van der Waals surface area contributed by atoms with Gasteiger partial charge in [-0.1, -0.05) is 0 Å². The maximum absolute atomic E-state index is 8.87. The van der Waals surface area contributed by atoms with Crippen LogP contribution in [0, 0.1) is 0 Å². The molecule has 2 nitrogen and oxygen atoms in total. The summed E-state index contributed by atoms with van der Waals surface area (Å²) in [4.78, 5) is 2.48. The molecule has 0 spiro atoms. The lowest BCUT2D eigenvalue weighted by atomic mass is 10.2. The van der Waals surface area contributed by atoms with E-state index < -0.39 is 0 Å².